The molecule has 1 aromatic carbocycles. The maximum absolute atomic E-state index is 13.7. The molecule has 0 radical (unpaired) electrons. The molecule has 1 amide bonds. The van der Waals surface area contributed by atoms with Gasteiger partial charge in [-0.05, 0) is 81.3 Å². The molecule has 4 aliphatic carbocycles. The fourth-order valence-electron chi connectivity index (χ4n) is 7.22. The Morgan fingerprint density at radius 3 is 2.57 bits per heavy atom. The Balaban J connectivity index is 1.20. The molecular formula is C24H28FN3O2. The highest BCUT2D eigenvalue weighted by molar-refractivity contribution is 5.83. The minimum atomic E-state index is -0.316. The van der Waals surface area contributed by atoms with E-state index in [1.165, 1.54) is 31.4 Å². The lowest BCUT2D eigenvalue weighted by atomic mass is 9.49. The van der Waals surface area contributed by atoms with Crippen LogP contribution >= 0.6 is 0 Å². The van der Waals surface area contributed by atoms with Crippen LogP contribution in [0.4, 0.5) is 4.39 Å². The van der Waals surface area contributed by atoms with Gasteiger partial charge in [0.15, 0.2) is 0 Å². The van der Waals surface area contributed by atoms with Crippen molar-refractivity contribution in [3.8, 4) is 11.4 Å². The van der Waals surface area contributed by atoms with Crippen molar-refractivity contribution in [1.29, 1.82) is 0 Å². The van der Waals surface area contributed by atoms with E-state index >= 15 is 0 Å². The molecule has 4 saturated carbocycles. The van der Waals surface area contributed by atoms with Crippen molar-refractivity contribution in [2.24, 2.45) is 23.2 Å². The molecule has 158 valence electrons. The van der Waals surface area contributed by atoms with E-state index in [0.717, 1.165) is 56.4 Å². The summed E-state index contributed by atoms with van der Waals surface area (Å²) in [4.78, 5) is 20.4. The first kappa shape index (κ1) is 18.5. The van der Waals surface area contributed by atoms with E-state index in [1.807, 2.05) is 0 Å². The van der Waals surface area contributed by atoms with Crippen LogP contribution in [-0.2, 0) is 4.79 Å². The fraction of sp³-hybridized carbons (Fsp3) is 0.625. The van der Waals surface area contributed by atoms with Gasteiger partial charge in [-0.3, -0.25) is 4.79 Å². The van der Waals surface area contributed by atoms with Crippen LogP contribution in [0.1, 0.15) is 63.2 Å². The second kappa shape index (κ2) is 6.89. The molecule has 5 fully saturated rings. The van der Waals surface area contributed by atoms with Gasteiger partial charge in [-0.1, -0.05) is 17.3 Å². The highest BCUT2D eigenvalue weighted by atomic mass is 19.1. The largest absolute Gasteiger partial charge is 0.341 e. The van der Waals surface area contributed by atoms with Gasteiger partial charge < -0.3 is 9.42 Å². The van der Waals surface area contributed by atoms with Gasteiger partial charge in [0.1, 0.15) is 5.82 Å². The molecule has 1 unspecified atom stereocenters. The van der Waals surface area contributed by atoms with Gasteiger partial charge in [0.05, 0.1) is 11.3 Å². The van der Waals surface area contributed by atoms with Gasteiger partial charge in [-0.15, -0.1) is 0 Å². The molecule has 30 heavy (non-hydrogen) atoms. The van der Waals surface area contributed by atoms with Gasteiger partial charge in [0, 0.05) is 18.7 Å². The Hall–Kier alpha value is -2.24. The summed E-state index contributed by atoms with van der Waals surface area (Å²) in [6.07, 6.45) is 9.24. The minimum absolute atomic E-state index is 0.0615. The number of hydrogen-bond donors (Lipinski definition) is 0. The zero-order chi connectivity index (χ0) is 20.3. The van der Waals surface area contributed by atoms with Crippen molar-refractivity contribution in [3.05, 3.63) is 36.0 Å². The second-order valence-corrected chi connectivity index (χ2v) is 10.3. The number of nitrogens with zero attached hydrogens (tertiary/aromatic N) is 3. The fourth-order valence-corrected chi connectivity index (χ4v) is 7.22. The Kier molecular flexibility index (Phi) is 4.26. The number of amides is 1. The second-order valence-electron chi connectivity index (χ2n) is 10.3. The molecular weight excluding hydrogens is 381 g/mol. The number of likely N-dealkylation sites (tertiary alicyclic amines) is 1. The number of carbonyl (C=O) groups excluding carboxylic acids is 1. The third-order valence-electron chi connectivity index (χ3n) is 8.07. The summed E-state index contributed by atoms with van der Waals surface area (Å²) in [5.41, 5.74) is 0.514. The van der Waals surface area contributed by atoms with Crippen LogP contribution in [0.15, 0.2) is 28.8 Å². The third-order valence-corrected chi connectivity index (χ3v) is 8.07. The van der Waals surface area contributed by atoms with E-state index in [9.17, 15) is 9.18 Å². The maximum Gasteiger partial charge on any atom is 0.231 e. The molecule has 5 aliphatic rings. The Labute approximate surface area is 176 Å². The van der Waals surface area contributed by atoms with Crippen molar-refractivity contribution in [3.63, 3.8) is 0 Å². The first-order chi connectivity index (χ1) is 14.6. The number of halogens is 1. The first-order valence-corrected chi connectivity index (χ1v) is 11.5. The smallest absolute Gasteiger partial charge is 0.231 e. The third kappa shape index (κ3) is 3.07. The molecule has 4 bridgehead atoms. The van der Waals surface area contributed by atoms with Gasteiger partial charge >= 0.3 is 0 Å². The van der Waals surface area contributed by atoms with E-state index in [1.54, 1.807) is 12.1 Å². The summed E-state index contributed by atoms with van der Waals surface area (Å²) < 4.78 is 19.1. The monoisotopic (exact) mass is 409 g/mol. The van der Waals surface area contributed by atoms with E-state index in [-0.39, 0.29) is 17.2 Å². The number of rotatable bonds is 3. The highest BCUT2D eigenvalue weighted by Gasteiger charge is 2.55. The van der Waals surface area contributed by atoms with Crippen molar-refractivity contribution >= 4 is 5.91 Å². The van der Waals surface area contributed by atoms with Crippen LogP contribution in [0, 0.1) is 29.0 Å². The summed E-state index contributed by atoms with van der Waals surface area (Å²) in [5.74, 6) is 3.42. The first-order valence-electron chi connectivity index (χ1n) is 11.5. The van der Waals surface area contributed by atoms with Gasteiger partial charge in [0.2, 0.25) is 17.6 Å². The van der Waals surface area contributed by atoms with Crippen molar-refractivity contribution < 1.29 is 13.7 Å². The lowest BCUT2D eigenvalue weighted by molar-refractivity contribution is -0.159. The molecule has 2 aromatic rings. The van der Waals surface area contributed by atoms with Crippen LogP contribution in [0.25, 0.3) is 11.4 Å². The van der Waals surface area contributed by atoms with E-state index in [0.29, 0.717) is 29.7 Å². The molecule has 1 saturated heterocycles. The number of benzene rings is 1. The van der Waals surface area contributed by atoms with Crippen LogP contribution in [0.2, 0.25) is 0 Å². The van der Waals surface area contributed by atoms with Gasteiger partial charge in [-0.25, -0.2) is 4.39 Å². The zero-order valence-corrected chi connectivity index (χ0v) is 17.2. The quantitative estimate of drug-likeness (QED) is 0.731. The van der Waals surface area contributed by atoms with Crippen molar-refractivity contribution in [2.45, 2.75) is 57.3 Å². The predicted molar refractivity (Wildman–Crippen MR) is 109 cm³/mol. The molecule has 2 heterocycles. The van der Waals surface area contributed by atoms with Crippen LogP contribution in [0.3, 0.4) is 0 Å². The van der Waals surface area contributed by atoms with E-state index in [4.69, 9.17) is 4.52 Å². The maximum atomic E-state index is 13.7. The molecule has 7 rings (SSSR count). The number of piperidine rings is 1. The molecule has 1 aromatic heterocycles. The standard InChI is InChI=1S/C24H28FN3O2/c25-20-5-1-3-18(10-20)21-26-22(30-27-21)19-4-2-6-28(14-19)23(29)24-11-15-7-16(12-24)9-17(8-15)13-24/h1,3,5,10,15-17,19H,2,4,6-9,11-14H2. The zero-order valence-electron chi connectivity index (χ0n) is 17.2. The number of carbonyl (C=O) groups is 1. The number of hydrogen-bond acceptors (Lipinski definition) is 4. The molecule has 0 spiro atoms. The molecule has 5 nitrogen and oxygen atoms in total. The Morgan fingerprint density at radius 1 is 1.13 bits per heavy atom. The predicted octanol–water partition coefficient (Wildman–Crippen LogP) is 4.80. The van der Waals surface area contributed by atoms with Gasteiger partial charge in [-0.2, -0.15) is 4.98 Å². The molecule has 1 atom stereocenters. The highest BCUT2D eigenvalue weighted by Crippen LogP contribution is 2.60. The van der Waals surface area contributed by atoms with Crippen molar-refractivity contribution in [1.82, 2.24) is 15.0 Å². The summed E-state index contributed by atoms with van der Waals surface area (Å²) in [6, 6.07) is 6.24. The lowest BCUT2D eigenvalue weighted by Gasteiger charge is -2.57. The van der Waals surface area contributed by atoms with Crippen LogP contribution in [-0.4, -0.2) is 34.0 Å². The van der Waals surface area contributed by atoms with E-state index < -0.39 is 0 Å². The summed E-state index contributed by atoms with van der Waals surface area (Å²) in [7, 11) is 0. The summed E-state index contributed by atoms with van der Waals surface area (Å²) >= 11 is 0. The average molecular weight is 410 g/mol. The van der Waals surface area contributed by atoms with E-state index in [2.05, 4.69) is 15.0 Å². The Morgan fingerprint density at radius 2 is 1.87 bits per heavy atom. The van der Waals surface area contributed by atoms with Crippen LogP contribution in [0.5, 0.6) is 0 Å². The normalized spacial score (nSPS) is 35.0. The molecule has 6 heteroatoms. The van der Waals surface area contributed by atoms with Gasteiger partial charge in [0.25, 0.3) is 0 Å². The SMILES string of the molecule is O=C(N1CCCC(c2nc(-c3cccc(F)c3)no2)C1)C12CC3CC(CC(C3)C1)C2. The lowest BCUT2D eigenvalue weighted by Crippen LogP contribution is -2.55. The summed E-state index contributed by atoms with van der Waals surface area (Å²) in [5, 5.41) is 4.07. The van der Waals surface area contributed by atoms with Crippen molar-refractivity contribution in [2.75, 3.05) is 13.1 Å². The minimum Gasteiger partial charge on any atom is -0.341 e. The topological polar surface area (TPSA) is 59.2 Å². The molecule has 1 aliphatic heterocycles. The average Bonchev–Trinajstić information content (AvgIpc) is 3.23. The molecule has 0 N–H and O–H groups in total. The summed E-state index contributed by atoms with van der Waals surface area (Å²) in [6.45, 7) is 1.49. The Bertz CT molecular complexity index is 936. The number of aromatic nitrogens is 2. The van der Waals surface area contributed by atoms with Crippen LogP contribution < -0.4 is 0 Å².